The van der Waals surface area contributed by atoms with Crippen molar-refractivity contribution >= 4 is 9.84 Å². The number of benzene rings is 1. The van der Waals surface area contributed by atoms with Crippen LogP contribution in [0.2, 0.25) is 0 Å². The molecule has 148 valence electrons. The Morgan fingerprint density at radius 1 is 1.04 bits per heavy atom. The molecular formula is C22H31NO3S. The summed E-state index contributed by atoms with van der Waals surface area (Å²) in [7, 11) is -3.01. The molecule has 0 N–H and O–H groups in total. The van der Waals surface area contributed by atoms with Crippen molar-refractivity contribution in [3.63, 3.8) is 0 Å². The number of aromatic nitrogens is 1. The highest BCUT2D eigenvalue weighted by molar-refractivity contribution is 7.92. The molecule has 1 saturated carbocycles. The molecular weight excluding hydrogens is 358 g/mol. The van der Waals surface area contributed by atoms with E-state index in [9.17, 15) is 8.42 Å². The molecule has 0 radical (unpaired) electrons. The van der Waals surface area contributed by atoms with E-state index in [1.54, 1.807) is 6.20 Å². The second-order valence-corrected chi connectivity index (χ2v) is 11.7. The van der Waals surface area contributed by atoms with Gasteiger partial charge < -0.3 is 4.42 Å². The van der Waals surface area contributed by atoms with Crippen LogP contribution in [0.15, 0.2) is 41.3 Å². The molecule has 0 atom stereocenters. The second kappa shape index (κ2) is 8.17. The molecule has 1 fully saturated rings. The van der Waals surface area contributed by atoms with E-state index in [-0.39, 0.29) is 0 Å². The van der Waals surface area contributed by atoms with Crippen LogP contribution in [0, 0.1) is 11.8 Å². The van der Waals surface area contributed by atoms with Gasteiger partial charge in [0.15, 0.2) is 22.0 Å². The lowest BCUT2D eigenvalue weighted by molar-refractivity contribution is 0.278. The minimum absolute atomic E-state index is 0.340. The molecule has 0 bridgehead atoms. The molecule has 1 aliphatic carbocycles. The molecule has 0 spiro atoms. The topological polar surface area (TPSA) is 60.2 Å². The van der Waals surface area contributed by atoms with Crippen molar-refractivity contribution in [2.24, 2.45) is 11.8 Å². The second-order valence-electron chi connectivity index (χ2n) is 8.88. The van der Waals surface area contributed by atoms with Gasteiger partial charge >= 0.3 is 0 Å². The van der Waals surface area contributed by atoms with Crippen LogP contribution >= 0.6 is 0 Å². The van der Waals surface area contributed by atoms with E-state index in [0.717, 1.165) is 43.4 Å². The standard InChI is InChI=1S/C22H31NO3S/c1-22(2,3)27(24,25)15-19-8-6-17(7-9-19)4-5-18-10-12-20(13-11-18)21-14-23-16-26-21/h10-14,16-17,19H,4-9,15H2,1-3H3. The molecule has 4 nitrogen and oxygen atoms in total. The van der Waals surface area contributed by atoms with Crippen LogP contribution in [0.5, 0.6) is 0 Å². The minimum atomic E-state index is -3.01. The van der Waals surface area contributed by atoms with Crippen molar-refractivity contribution < 1.29 is 12.8 Å². The van der Waals surface area contributed by atoms with Crippen LogP contribution in [-0.2, 0) is 16.3 Å². The first kappa shape index (κ1) is 20.1. The van der Waals surface area contributed by atoms with E-state index < -0.39 is 14.6 Å². The van der Waals surface area contributed by atoms with E-state index in [1.807, 2.05) is 20.8 Å². The largest absolute Gasteiger partial charge is 0.444 e. The van der Waals surface area contributed by atoms with Gasteiger partial charge in [-0.3, -0.25) is 0 Å². The quantitative estimate of drug-likeness (QED) is 0.673. The number of rotatable bonds is 6. The predicted molar refractivity (Wildman–Crippen MR) is 109 cm³/mol. The average molecular weight is 390 g/mol. The monoisotopic (exact) mass is 389 g/mol. The lowest BCUT2D eigenvalue weighted by atomic mass is 9.80. The molecule has 0 unspecified atom stereocenters. The molecule has 1 aromatic carbocycles. The Morgan fingerprint density at radius 3 is 2.22 bits per heavy atom. The van der Waals surface area contributed by atoms with Crippen molar-refractivity contribution in [1.82, 2.24) is 4.98 Å². The minimum Gasteiger partial charge on any atom is -0.444 e. The van der Waals surface area contributed by atoms with Crippen molar-refractivity contribution in [2.45, 2.75) is 64.0 Å². The highest BCUT2D eigenvalue weighted by Crippen LogP contribution is 2.34. The Kier molecular flexibility index (Phi) is 6.09. The van der Waals surface area contributed by atoms with Crippen molar-refractivity contribution in [3.05, 3.63) is 42.4 Å². The van der Waals surface area contributed by atoms with Crippen LogP contribution in [0.1, 0.15) is 58.4 Å². The van der Waals surface area contributed by atoms with Gasteiger partial charge in [0.05, 0.1) is 16.7 Å². The van der Waals surface area contributed by atoms with Gasteiger partial charge in [0.1, 0.15) is 0 Å². The van der Waals surface area contributed by atoms with Gasteiger partial charge in [-0.05, 0) is 63.9 Å². The Morgan fingerprint density at radius 2 is 1.67 bits per heavy atom. The SMILES string of the molecule is CC(C)(C)S(=O)(=O)CC1CCC(CCc2ccc(-c3cnco3)cc2)CC1. The first-order chi connectivity index (χ1) is 12.7. The molecule has 3 rings (SSSR count). The molecule has 2 aromatic rings. The van der Waals surface area contributed by atoms with Gasteiger partial charge in [-0.1, -0.05) is 37.1 Å². The Bertz CT molecular complexity index is 809. The summed E-state index contributed by atoms with van der Waals surface area (Å²) in [6.07, 6.45) is 9.84. The van der Waals surface area contributed by atoms with E-state index in [2.05, 4.69) is 29.2 Å². The average Bonchev–Trinajstić information content (AvgIpc) is 3.15. The van der Waals surface area contributed by atoms with Crippen LogP contribution in [0.4, 0.5) is 0 Å². The molecule has 1 heterocycles. The Labute approximate surface area is 163 Å². The zero-order valence-electron chi connectivity index (χ0n) is 16.6. The summed E-state index contributed by atoms with van der Waals surface area (Å²) in [5.74, 6) is 2.20. The molecule has 0 amide bonds. The van der Waals surface area contributed by atoms with E-state index in [4.69, 9.17) is 4.42 Å². The zero-order chi connectivity index (χ0) is 19.5. The summed E-state index contributed by atoms with van der Waals surface area (Å²) in [4.78, 5) is 3.96. The van der Waals surface area contributed by atoms with E-state index >= 15 is 0 Å². The van der Waals surface area contributed by atoms with Crippen LogP contribution < -0.4 is 0 Å². The van der Waals surface area contributed by atoms with Gasteiger partial charge in [-0.15, -0.1) is 0 Å². The van der Waals surface area contributed by atoms with Gasteiger partial charge in [0.2, 0.25) is 0 Å². The highest BCUT2D eigenvalue weighted by atomic mass is 32.2. The van der Waals surface area contributed by atoms with Crippen LogP contribution in [-0.4, -0.2) is 23.9 Å². The fourth-order valence-electron chi connectivity index (χ4n) is 3.81. The smallest absolute Gasteiger partial charge is 0.181 e. The van der Waals surface area contributed by atoms with Crippen LogP contribution in [0.3, 0.4) is 0 Å². The molecule has 1 aliphatic rings. The number of nitrogens with zero attached hydrogens (tertiary/aromatic N) is 1. The third-order valence-electron chi connectivity index (χ3n) is 5.87. The first-order valence-corrected chi connectivity index (χ1v) is 11.6. The number of sulfone groups is 1. The maximum absolute atomic E-state index is 12.4. The molecule has 0 saturated heterocycles. The molecule has 5 heteroatoms. The lowest BCUT2D eigenvalue weighted by Gasteiger charge is -2.30. The summed E-state index contributed by atoms with van der Waals surface area (Å²) in [6.45, 7) is 5.42. The van der Waals surface area contributed by atoms with Gasteiger partial charge in [-0.2, -0.15) is 0 Å². The normalized spacial score (nSPS) is 21.3. The van der Waals surface area contributed by atoms with E-state index in [0.29, 0.717) is 17.6 Å². The first-order valence-electron chi connectivity index (χ1n) is 9.95. The predicted octanol–water partition coefficient (Wildman–Crippen LogP) is 5.29. The van der Waals surface area contributed by atoms with Crippen molar-refractivity contribution in [2.75, 3.05) is 5.75 Å². The summed E-state index contributed by atoms with van der Waals surface area (Å²) in [5, 5.41) is 0. The zero-order valence-corrected chi connectivity index (χ0v) is 17.5. The molecule has 0 aliphatic heterocycles. The maximum Gasteiger partial charge on any atom is 0.181 e. The Hall–Kier alpha value is -1.62. The van der Waals surface area contributed by atoms with Crippen LogP contribution in [0.25, 0.3) is 11.3 Å². The van der Waals surface area contributed by atoms with Gasteiger partial charge in [0, 0.05) is 5.56 Å². The van der Waals surface area contributed by atoms with Crippen molar-refractivity contribution in [3.8, 4) is 11.3 Å². The number of hydrogen-bond acceptors (Lipinski definition) is 4. The number of hydrogen-bond donors (Lipinski definition) is 0. The third kappa shape index (κ3) is 5.22. The van der Waals surface area contributed by atoms with Crippen molar-refractivity contribution in [1.29, 1.82) is 0 Å². The Balaban J connectivity index is 1.45. The molecule has 1 aromatic heterocycles. The summed E-state index contributed by atoms with van der Waals surface area (Å²) in [6, 6.07) is 8.51. The third-order valence-corrected chi connectivity index (χ3v) is 8.64. The summed E-state index contributed by atoms with van der Waals surface area (Å²) >= 11 is 0. The van der Waals surface area contributed by atoms with Gasteiger partial charge in [-0.25, -0.2) is 13.4 Å². The van der Waals surface area contributed by atoms with E-state index in [1.165, 1.54) is 18.4 Å². The fourth-order valence-corrected chi connectivity index (χ4v) is 5.27. The fraction of sp³-hybridized carbons (Fsp3) is 0.591. The number of aryl methyl sites for hydroxylation is 1. The summed E-state index contributed by atoms with van der Waals surface area (Å²) in [5.41, 5.74) is 2.40. The highest BCUT2D eigenvalue weighted by Gasteiger charge is 2.33. The van der Waals surface area contributed by atoms with Gasteiger partial charge in [0.25, 0.3) is 0 Å². The summed E-state index contributed by atoms with van der Waals surface area (Å²) < 4.78 is 29.5. The lowest BCUT2D eigenvalue weighted by Crippen LogP contribution is -2.34. The maximum atomic E-state index is 12.4. The molecule has 27 heavy (non-hydrogen) atoms. The number of oxazole rings is 1.